The largest absolute Gasteiger partial charge is 0.497 e. The number of halogens is 3. The van der Waals surface area contributed by atoms with E-state index in [1.807, 2.05) is 35.9 Å². The zero-order valence-electron chi connectivity index (χ0n) is 14.9. The number of carbonyl (C=O) groups excluding carboxylic acids is 1. The molecule has 3 rings (SSSR count). The minimum atomic E-state index is -0.251. The molecule has 0 aliphatic carbocycles. The topological polar surface area (TPSA) is 69.0 Å². The Morgan fingerprint density at radius 2 is 1.79 bits per heavy atom. The average molecular weight is 458 g/mol. The molecule has 0 fully saturated rings. The molecule has 0 unspecified atom stereocenters. The summed E-state index contributed by atoms with van der Waals surface area (Å²) in [6, 6.07) is 10.5. The minimum Gasteiger partial charge on any atom is -0.497 e. The van der Waals surface area contributed by atoms with Crippen LogP contribution < -0.4 is 10.1 Å². The van der Waals surface area contributed by atoms with Crippen molar-refractivity contribution in [3.05, 3.63) is 51.5 Å². The number of ether oxygens (including phenoxy) is 1. The van der Waals surface area contributed by atoms with Gasteiger partial charge in [-0.1, -0.05) is 46.6 Å². The number of hydrogen-bond donors (Lipinski definition) is 1. The van der Waals surface area contributed by atoms with Crippen LogP contribution in [0.2, 0.25) is 15.1 Å². The summed E-state index contributed by atoms with van der Waals surface area (Å²) >= 11 is 19.2. The zero-order valence-corrected chi connectivity index (χ0v) is 18.0. The SMILES string of the molecule is COc1ccc(-c2nnc(SCC(=O)Nc3cc(Cl)c(Cl)cc3Cl)n2C)cc1. The van der Waals surface area contributed by atoms with Crippen LogP contribution in [-0.4, -0.2) is 33.5 Å². The molecule has 0 bridgehead atoms. The van der Waals surface area contributed by atoms with Crippen LogP contribution in [0.25, 0.3) is 11.4 Å². The first-order valence-corrected chi connectivity index (χ1v) is 10.1. The number of aromatic nitrogens is 3. The summed E-state index contributed by atoms with van der Waals surface area (Å²) in [4.78, 5) is 12.3. The van der Waals surface area contributed by atoms with Crippen molar-refractivity contribution in [3.63, 3.8) is 0 Å². The van der Waals surface area contributed by atoms with Gasteiger partial charge in [0.1, 0.15) is 5.75 Å². The van der Waals surface area contributed by atoms with Crippen LogP contribution in [0.3, 0.4) is 0 Å². The predicted octanol–water partition coefficient (Wildman–Crippen LogP) is 5.18. The van der Waals surface area contributed by atoms with E-state index >= 15 is 0 Å². The van der Waals surface area contributed by atoms with E-state index in [2.05, 4.69) is 15.5 Å². The van der Waals surface area contributed by atoms with Gasteiger partial charge in [0.15, 0.2) is 11.0 Å². The Morgan fingerprint density at radius 3 is 2.46 bits per heavy atom. The van der Waals surface area contributed by atoms with Crippen molar-refractivity contribution in [3.8, 4) is 17.1 Å². The molecular weight excluding hydrogens is 443 g/mol. The molecule has 0 aliphatic rings. The van der Waals surface area contributed by atoms with Crippen LogP contribution in [-0.2, 0) is 11.8 Å². The summed E-state index contributed by atoms with van der Waals surface area (Å²) in [7, 11) is 3.46. The fourth-order valence-corrected chi connectivity index (χ4v) is 3.67. The Balaban J connectivity index is 1.65. The molecule has 0 radical (unpaired) electrons. The van der Waals surface area contributed by atoms with Gasteiger partial charge in [0, 0.05) is 12.6 Å². The highest BCUT2D eigenvalue weighted by atomic mass is 35.5. The number of rotatable bonds is 6. The molecule has 0 aliphatic heterocycles. The van der Waals surface area contributed by atoms with Crippen molar-refractivity contribution in [1.29, 1.82) is 0 Å². The third kappa shape index (κ3) is 4.72. The van der Waals surface area contributed by atoms with Crippen molar-refractivity contribution < 1.29 is 9.53 Å². The quantitative estimate of drug-likeness (QED) is 0.408. The lowest BCUT2D eigenvalue weighted by molar-refractivity contribution is -0.113. The second kappa shape index (κ2) is 9.05. The summed E-state index contributed by atoms with van der Waals surface area (Å²) in [5, 5.41) is 12.6. The second-order valence-electron chi connectivity index (χ2n) is 5.68. The van der Waals surface area contributed by atoms with Crippen LogP contribution >= 0.6 is 46.6 Å². The second-order valence-corrected chi connectivity index (χ2v) is 7.84. The molecule has 0 spiro atoms. The molecule has 1 amide bonds. The lowest BCUT2D eigenvalue weighted by Gasteiger charge is -2.09. The van der Waals surface area contributed by atoms with E-state index in [0.29, 0.717) is 31.7 Å². The van der Waals surface area contributed by atoms with Gasteiger partial charge in [-0.05, 0) is 36.4 Å². The Morgan fingerprint density at radius 1 is 1.11 bits per heavy atom. The molecule has 1 aromatic heterocycles. The maximum atomic E-state index is 12.3. The van der Waals surface area contributed by atoms with E-state index in [9.17, 15) is 4.79 Å². The van der Waals surface area contributed by atoms with Crippen molar-refractivity contribution in [1.82, 2.24) is 14.8 Å². The van der Waals surface area contributed by atoms with Crippen molar-refractivity contribution in [2.45, 2.75) is 5.16 Å². The molecule has 1 N–H and O–H groups in total. The number of methoxy groups -OCH3 is 1. The van der Waals surface area contributed by atoms with Gasteiger partial charge in [-0.15, -0.1) is 10.2 Å². The van der Waals surface area contributed by atoms with E-state index in [1.165, 1.54) is 23.9 Å². The minimum absolute atomic E-state index is 0.130. The van der Waals surface area contributed by atoms with Gasteiger partial charge in [0.25, 0.3) is 0 Å². The van der Waals surface area contributed by atoms with Crippen LogP contribution in [0.15, 0.2) is 41.6 Å². The Kier molecular flexibility index (Phi) is 6.72. The molecule has 0 saturated carbocycles. The van der Waals surface area contributed by atoms with Gasteiger partial charge in [-0.2, -0.15) is 0 Å². The normalized spacial score (nSPS) is 10.8. The number of benzene rings is 2. The van der Waals surface area contributed by atoms with E-state index < -0.39 is 0 Å². The number of amides is 1. The highest BCUT2D eigenvalue weighted by Crippen LogP contribution is 2.32. The molecular formula is C18H15Cl3N4O2S. The Labute approximate surface area is 181 Å². The van der Waals surface area contributed by atoms with Crippen molar-refractivity contribution >= 4 is 58.2 Å². The Hall–Kier alpha value is -1.93. The van der Waals surface area contributed by atoms with Gasteiger partial charge >= 0.3 is 0 Å². The van der Waals surface area contributed by atoms with Crippen molar-refractivity contribution in [2.75, 3.05) is 18.2 Å². The Bertz CT molecular complexity index is 1010. The summed E-state index contributed by atoms with van der Waals surface area (Å²) in [6.45, 7) is 0. The lowest BCUT2D eigenvalue weighted by Crippen LogP contribution is -2.14. The maximum absolute atomic E-state index is 12.3. The molecule has 28 heavy (non-hydrogen) atoms. The van der Waals surface area contributed by atoms with E-state index in [1.54, 1.807) is 7.11 Å². The van der Waals surface area contributed by atoms with Crippen LogP contribution in [0.1, 0.15) is 0 Å². The molecule has 10 heteroatoms. The smallest absolute Gasteiger partial charge is 0.234 e. The first-order chi connectivity index (χ1) is 13.4. The fraction of sp³-hybridized carbons (Fsp3) is 0.167. The molecule has 1 heterocycles. The summed E-state index contributed by atoms with van der Waals surface area (Å²) in [5.41, 5.74) is 1.30. The number of hydrogen-bond acceptors (Lipinski definition) is 5. The van der Waals surface area contributed by atoms with Crippen LogP contribution in [0.4, 0.5) is 5.69 Å². The number of thioether (sulfide) groups is 1. The van der Waals surface area contributed by atoms with Gasteiger partial charge in [0.05, 0.1) is 33.6 Å². The standard InChI is InChI=1S/C18H15Cl3N4O2S/c1-25-17(10-3-5-11(27-2)6-4-10)23-24-18(25)28-9-16(26)22-15-8-13(20)12(19)7-14(15)21/h3-8H,9H2,1-2H3,(H,22,26). The number of nitrogens with zero attached hydrogens (tertiary/aromatic N) is 3. The summed E-state index contributed by atoms with van der Waals surface area (Å²) < 4.78 is 6.99. The average Bonchev–Trinajstić information content (AvgIpc) is 3.05. The van der Waals surface area contributed by atoms with Crippen LogP contribution in [0, 0.1) is 0 Å². The van der Waals surface area contributed by atoms with Gasteiger partial charge < -0.3 is 14.6 Å². The highest BCUT2D eigenvalue weighted by molar-refractivity contribution is 7.99. The number of nitrogens with one attached hydrogen (secondary N) is 1. The third-order valence-corrected chi connectivity index (χ3v) is 5.85. The summed E-state index contributed by atoms with van der Waals surface area (Å²) in [5.74, 6) is 1.33. The van der Waals surface area contributed by atoms with E-state index in [0.717, 1.165) is 11.3 Å². The predicted molar refractivity (Wildman–Crippen MR) is 114 cm³/mol. The lowest BCUT2D eigenvalue weighted by atomic mass is 10.2. The van der Waals surface area contributed by atoms with Crippen LogP contribution in [0.5, 0.6) is 5.75 Å². The van der Waals surface area contributed by atoms with Gasteiger partial charge in [-0.3, -0.25) is 4.79 Å². The first-order valence-electron chi connectivity index (χ1n) is 8.00. The molecule has 2 aromatic carbocycles. The van der Waals surface area contributed by atoms with Gasteiger partial charge in [-0.25, -0.2) is 0 Å². The summed E-state index contributed by atoms with van der Waals surface area (Å²) in [6.07, 6.45) is 0. The molecule has 3 aromatic rings. The monoisotopic (exact) mass is 456 g/mol. The number of carbonyl (C=O) groups is 1. The number of anilines is 1. The zero-order chi connectivity index (χ0) is 20.3. The van der Waals surface area contributed by atoms with Gasteiger partial charge in [0.2, 0.25) is 5.91 Å². The molecule has 0 atom stereocenters. The van der Waals surface area contributed by atoms with E-state index in [4.69, 9.17) is 39.5 Å². The first kappa shape index (κ1) is 20.8. The molecule has 0 saturated heterocycles. The molecule has 146 valence electrons. The maximum Gasteiger partial charge on any atom is 0.234 e. The highest BCUT2D eigenvalue weighted by Gasteiger charge is 2.14. The van der Waals surface area contributed by atoms with E-state index in [-0.39, 0.29) is 11.7 Å². The van der Waals surface area contributed by atoms with Crippen molar-refractivity contribution in [2.24, 2.45) is 7.05 Å². The third-order valence-electron chi connectivity index (χ3n) is 3.80. The molecule has 6 nitrogen and oxygen atoms in total. The fourth-order valence-electron chi connectivity index (χ4n) is 2.37.